The minimum atomic E-state index is -0.319. The summed E-state index contributed by atoms with van der Waals surface area (Å²) in [5.41, 5.74) is 3.20. The summed E-state index contributed by atoms with van der Waals surface area (Å²) in [5, 5.41) is 7.02. The molecule has 7 heteroatoms. The Morgan fingerprint density at radius 3 is 2.62 bits per heavy atom. The van der Waals surface area contributed by atoms with Gasteiger partial charge in [0.2, 0.25) is 5.91 Å². The maximum atomic E-state index is 12.6. The first-order chi connectivity index (χ1) is 12.4. The Morgan fingerprint density at radius 1 is 1.27 bits per heavy atom. The fourth-order valence-corrected chi connectivity index (χ4v) is 3.03. The van der Waals surface area contributed by atoms with Crippen LogP contribution >= 0.6 is 0 Å². The third-order valence-electron chi connectivity index (χ3n) is 4.44. The zero-order valence-corrected chi connectivity index (χ0v) is 15.3. The summed E-state index contributed by atoms with van der Waals surface area (Å²) in [4.78, 5) is 24.9. The number of aryl methyl sites for hydroxylation is 2. The van der Waals surface area contributed by atoms with Crippen LogP contribution < -0.4 is 15.7 Å². The van der Waals surface area contributed by atoms with Gasteiger partial charge in [-0.05, 0) is 50.1 Å². The molecule has 136 valence electrons. The van der Waals surface area contributed by atoms with Gasteiger partial charge in [0.15, 0.2) is 0 Å². The number of benzene rings is 1. The smallest absolute Gasteiger partial charge is 0.349 e. The normalized spacial score (nSPS) is 12.2. The first-order valence-electron chi connectivity index (χ1n) is 8.39. The minimum Gasteiger partial charge on any atom is -0.497 e. The number of fused-ring (bicyclic) bond motifs is 1. The summed E-state index contributed by atoms with van der Waals surface area (Å²) in [7, 11) is 1.61. The molecule has 0 saturated carbocycles. The molecule has 0 bridgehead atoms. The molecule has 26 heavy (non-hydrogen) atoms. The van der Waals surface area contributed by atoms with Crippen molar-refractivity contribution in [3.63, 3.8) is 0 Å². The average Bonchev–Trinajstić information content (AvgIpc) is 2.91. The number of amides is 1. The number of nitrogens with one attached hydrogen (secondary N) is 1. The van der Waals surface area contributed by atoms with E-state index in [1.807, 2.05) is 51.1 Å². The summed E-state index contributed by atoms with van der Waals surface area (Å²) in [6.07, 6.45) is 1.61. The van der Waals surface area contributed by atoms with E-state index < -0.39 is 0 Å². The monoisotopic (exact) mass is 354 g/mol. The number of rotatable bonds is 5. The number of hydrogen-bond donors (Lipinski definition) is 1. The van der Waals surface area contributed by atoms with Gasteiger partial charge in [0.25, 0.3) is 0 Å². The highest BCUT2D eigenvalue weighted by molar-refractivity contribution is 5.76. The van der Waals surface area contributed by atoms with Gasteiger partial charge in [-0.1, -0.05) is 12.1 Å². The largest absolute Gasteiger partial charge is 0.497 e. The van der Waals surface area contributed by atoms with Crippen molar-refractivity contribution in [3.8, 4) is 5.75 Å². The molecule has 0 spiro atoms. The van der Waals surface area contributed by atoms with E-state index in [0.29, 0.717) is 0 Å². The van der Waals surface area contributed by atoms with Crippen LogP contribution in [0.1, 0.15) is 29.8 Å². The van der Waals surface area contributed by atoms with E-state index in [4.69, 9.17) is 4.74 Å². The molecule has 1 N–H and O–H groups in total. The number of methoxy groups -OCH3 is 1. The zero-order valence-electron chi connectivity index (χ0n) is 15.3. The lowest BCUT2D eigenvalue weighted by Crippen LogP contribution is -2.37. The molecule has 0 fully saturated rings. The van der Waals surface area contributed by atoms with Gasteiger partial charge in [-0.15, -0.1) is 0 Å². The van der Waals surface area contributed by atoms with Gasteiger partial charge in [-0.3, -0.25) is 9.20 Å². The van der Waals surface area contributed by atoms with Crippen LogP contribution in [-0.2, 0) is 11.3 Å². The SMILES string of the molecule is COc1ccc([C@H](C)NC(=O)Cn2ncc3c(C)cc(C)n3c2=O)cc1. The standard InChI is InChI=1S/C19H22N4O3/c1-12-9-13(2)23-17(12)10-20-22(19(23)25)11-18(24)21-14(3)15-5-7-16(26-4)8-6-15/h5-10,14H,11H2,1-4H3,(H,21,24)/t14-/m0/s1. The first kappa shape index (κ1) is 17.7. The van der Waals surface area contributed by atoms with E-state index in [0.717, 1.165) is 28.1 Å². The van der Waals surface area contributed by atoms with Crippen LogP contribution in [0.2, 0.25) is 0 Å². The van der Waals surface area contributed by atoms with Gasteiger partial charge >= 0.3 is 5.69 Å². The van der Waals surface area contributed by atoms with Crippen molar-refractivity contribution >= 4 is 11.4 Å². The van der Waals surface area contributed by atoms with Crippen LogP contribution in [0.5, 0.6) is 5.75 Å². The molecule has 1 amide bonds. The number of aromatic nitrogens is 3. The average molecular weight is 354 g/mol. The quantitative estimate of drug-likeness (QED) is 0.760. The Labute approximate surface area is 151 Å². The summed E-state index contributed by atoms with van der Waals surface area (Å²) in [5.74, 6) is 0.484. The lowest BCUT2D eigenvalue weighted by Gasteiger charge is -2.15. The fraction of sp³-hybridized carbons (Fsp3) is 0.316. The minimum absolute atomic E-state index is 0.133. The molecule has 3 aromatic rings. The van der Waals surface area contributed by atoms with Gasteiger partial charge < -0.3 is 10.1 Å². The van der Waals surface area contributed by atoms with Gasteiger partial charge in [0, 0.05) is 5.69 Å². The Hall–Kier alpha value is -3.09. The molecule has 0 aliphatic heterocycles. The Balaban J connectivity index is 1.75. The highest BCUT2D eigenvalue weighted by Gasteiger charge is 2.14. The number of ether oxygens (including phenoxy) is 1. The molecule has 0 saturated heterocycles. The maximum Gasteiger partial charge on any atom is 0.349 e. The van der Waals surface area contributed by atoms with Gasteiger partial charge in [-0.2, -0.15) is 5.10 Å². The number of carbonyl (C=O) groups is 1. The van der Waals surface area contributed by atoms with Crippen molar-refractivity contribution in [1.82, 2.24) is 19.5 Å². The second-order valence-corrected chi connectivity index (χ2v) is 6.34. The van der Waals surface area contributed by atoms with Crippen LogP contribution in [0.15, 0.2) is 41.3 Å². The predicted molar refractivity (Wildman–Crippen MR) is 98.5 cm³/mol. The van der Waals surface area contributed by atoms with Crippen LogP contribution in [0.3, 0.4) is 0 Å². The van der Waals surface area contributed by atoms with Crippen molar-refractivity contribution in [2.75, 3.05) is 7.11 Å². The highest BCUT2D eigenvalue weighted by Crippen LogP contribution is 2.17. The molecule has 0 aliphatic rings. The lowest BCUT2D eigenvalue weighted by molar-refractivity contribution is -0.122. The summed E-state index contributed by atoms with van der Waals surface area (Å²) < 4.78 is 7.88. The van der Waals surface area contributed by atoms with Crippen LogP contribution in [0.4, 0.5) is 0 Å². The molecule has 7 nitrogen and oxygen atoms in total. The Kier molecular flexibility index (Phi) is 4.79. The molecule has 2 heterocycles. The summed E-state index contributed by atoms with van der Waals surface area (Å²) >= 11 is 0. The van der Waals surface area contributed by atoms with E-state index in [-0.39, 0.29) is 24.2 Å². The molecule has 1 atom stereocenters. The third-order valence-corrected chi connectivity index (χ3v) is 4.44. The van der Waals surface area contributed by atoms with Crippen molar-refractivity contribution < 1.29 is 9.53 Å². The molecule has 0 aliphatic carbocycles. The predicted octanol–water partition coefficient (Wildman–Crippen LogP) is 2.00. The Morgan fingerprint density at radius 2 is 1.96 bits per heavy atom. The maximum absolute atomic E-state index is 12.6. The number of carbonyl (C=O) groups excluding carboxylic acids is 1. The van der Waals surface area contributed by atoms with Crippen molar-refractivity contribution in [1.29, 1.82) is 0 Å². The molecular weight excluding hydrogens is 332 g/mol. The highest BCUT2D eigenvalue weighted by atomic mass is 16.5. The van der Waals surface area contributed by atoms with E-state index >= 15 is 0 Å². The first-order valence-corrected chi connectivity index (χ1v) is 8.39. The number of nitrogens with zero attached hydrogens (tertiary/aromatic N) is 3. The molecular formula is C19H22N4O3. The Bertz CT molecular complexity index is 1000. The number of hydrogen-bond acceptors (Lipinski definition) is 4. The second-order valence-electron chi connectivity index (χ2n) is 6.34. The van der Waals surface area contributed by atoms with Crippen molar-refractivity contribution in [3.05, 3.63) is 63.8 Å². The summed E-state index contributed by atoms with van der Waals surface area (Å²) in [6, 6.07) is 9.21. The van der Waals surface area contributed by atoms with Crippen molar-refractivity contribution in [2.45, 2.75) is 33.4 Å². The molecule has 1 aromatic carbocycles. The summed E-state index contributed by atoms with van der Waals surface area (Å²) in [6.45, 7) is 5.54. The van der Waals surface area contributed by atoms with Gasteiger partial charge in [0.1, 0.15) is 12.3 Å². The van der Waals surface area contributed by atoms with Crippen molar-refractivity contribution in [2.24, 2.45) is 0 Å². The van der Waals surface area contributed by atoms with Crippen LogP contribution in [-0.4, -0.2) is 27.2 Å². The molecule has 0 radical (unpaired) electrons. The van der Waals surface area contributed by atoms with E-state index in [1.165, 1.54) is 4.68 Å². The van der Waals surface area contributed by atoms with Gasteiger partial charge in [0.05, 0.1) is 24.9 Å². The van der Waals surface area contributed by atoms with Crippen LogP contribution in [0, 0.1) is 13.8 Å². The van der Waals surface area contributed by atoms with Gasteiger partial charge in [-0.25, -0.2) is 9.48 Å². The topological polar surface area (TPSA) is 77.6 Å². The second kappa shape index (κ2) is 7.03. The van der Waals surface area contributed by atoms with Crippen LogP contribution in [0.25, 0.3) is 5.52 Å². The van der Waals surface area contributed by atoms with E-state index in [2.05, 4.69) is 10.4 Å². The molecule has 3 rings (SSSR count). The zero-order chi connectivity index (χ0) is 18.8. The van der Waals surface area contributed by atoms with E-state index in [1.54, 1.807) is 17.7 Å². The molecule has 2 aromatic heterocycles. The fourth-order valence-electron chi connectivity index (χ4n) is 3.03. The lowest BCUT2D eigenvalue weighted by atomic mass is 10.1. The van der Waals surface area contributed by atoms with E-state index in [9.17, 15) is 9.59 Å². The molecule has 0 unspecified atom stereocenters. The third kappa shape index (κ3) is 3.33.